The number of rotatable bonds is 4. The highest BCUT2D eigenvalue weighted by Gasteiger charge is 2.32. The summed E-state index contributed by atoms with van der Waals surface area (Å²) in [6.45, 7) is 7.99. The number of aromatic nitrogens is 1. The fourth-order valence-corrected chi connectivity index (χ4v) is 2.80. The SMILES string of the molecule is C=CCN1C(=O)N/C(=C/c2cn(C(C)C)c3ccccc23)C1=O. The van der Waals surface area contributed by atoms with E-state index >= 15 is 0 Å². The monoisotopic (exact) mass is 309 g/mol. The van der Waals surface area contributed by atoms with Crippen LogP contribution in [-0.4, -0.2) is 28.0 Å². The summed E-state index contributed by atoms with van der Waals surface area (Å²) in [7, 11) is 0. The number of nitrogens with one attached hydrogen (secondary N) is 1. The molecule has 3 amide bonds. The van der Waals surface area contributed by atoms with Crippen molar-refractivity contribution in [2.24, 2.45) is 0 Å². The molecule has 1 saturated heterocycles. The second-order valence-electron chi connectivity index (χ2n) is 5.80. The Morgan fingerprint density at radius 3 is 2.70 bits per heavy atom. The summed E-state index contributed by atoms with van der Waals surface area (Å²) >= 11 is 0. The third-order valence-electron chi connectivity index (χ3n) is 3.90. The molecular weight excluding hydrogens is 290 g/mol. The normalized spacial score (nSPS) is 16.7. The third kappa shape index (κ3) is 2.54. The number of benzene rings is 1. The van der Waals surface area contributed by atoms with Gasteiger partial charge in [-0.25, -0.2) is 4.79 Å². The van der Waals surface area contributed by atoms with Crippen molar-refractivity contribution in [3.8, 4) is 0 Å². The standard InChI is InChI=1S/C18H19N3O2/c1-4-9-20-17(22)15(19-18(20)23)10-13-11-21(12(2)3)16-8-6-5-7-14(13)16/h4-8,10-12H,1,9H2,2-3H3,(H,19,23)/b15-10+. The predicted molar refractivity (Wildman–Crippen MR) is 90.7 cm³/mol. The summed E-state index contributed by atoms with van der Waals surface area (Å²) in [4.78, 5) is 25.3. The first-order valence-electron chi connectivity index (χ1n) is 7.58. The Morgan fingerprint density at radius 2 is 2.00 bits per heavy atom. The molecule has 0 bridgehead atoms. The molecule has 0 atom stereocenters. The number of urea groups is 1. The van der Waals surface area contributed by atoms with E-state index in [0.29, 0.717) is 11.7 Å². The summed E-state index contributed by atoms with van der Waals surface area (Å²) in [5.74, 6) is -0.323. The first-order chi connectivity index (χ1) is 11.0. The lowest BCUT2D eigenvalue weighted by Crippen LogP contribution is -2.30. The van der Waals surface area contributed by atoms with Gasteiger partial charge in [0, 0.05) is 35.2 Å². The molecule has 1 aromatic carbocycles. The topological polar surface area (TPSA) is 54.3 Å². The van der Waals surface area contributed by atoms with Crippen molar-refractivity contribution in [1.82, 2.24) is 14.8 Å². The molecule has 5 heteroatoms. The van der Waals surface area contributed by atoms with Crippen molar-refractivity contribution in [2.75, 3.05) is 6.54 Å². The molecule has 23 heavy (non-hydrogen) atoms. The molecule has 118 valence electrons. The van der Waals surface area contributed by atoms with Crippen LogP contribution in [0, 0.1) is 0 Å². The van der Waals surface area contributed by atoms with Crippen LogP contribution in [0.3, 0.4) is 0 Å². The molecule has 1 aliphatic heterocycles. The summed E-state index contributed by atoms with van der Waals surface area (Å²) in [6.07, 6.45) is 5.29. The lowest BCUT2D eigenvalue weighted by atomic mass is 10.1. The van der Waals surface area contributed by atoms with E-state index in [1.165, 1.54) is 6.08 Å². The number of carbonyl (C=O) groups is 2. The van der Waals surface area contributed by atoms with Crippen molar-refractivity contribution in [3.63, 3.8) is 0 Å². The maximum absolute atomic E-state index is 12.3. The minimum absolute atomic E-state index is 0.204. The first-order valence-corrected chi connectivity index (χ1v) is 7.58. The van der Waals surface area contributed by atoms with Crippen LogP contribution in [0.5, 0.6) is 0 Å². The fraction of sp³-hybridized carbons (Fsp3) is 0.222. The molecule has 0 saturated carbocycles. The van der Waals surface area contributed by atoms with E-state index in [9.17, 15) is 9.59 Å². The highest BCUT2D eigenvalue weighted by molar-refractivity contribution is 6.14. The van der Waals surface area contributed by atoms with E-state index in [1.54, 1.807) is 6.08 Å². The van der Waals surface area contributed by atoms with E-state index in [-0.39, 0.29) is 12.5 Å². The smallest absolute Gasteiger partial charge is 0.329 e. The average molecular weight is 309 g/mol. The first kappa shape index (κ1) is 15.1. The van der Waals surface area contributed by atoms with Crippen LogP contribution in [-0.2, 0) is 4.79 Å². The number of fused-ring (bicyclic) bond motifs is 1. The maximum atomic E-state index is 12.3. The van der Waals surface area contributed by atoms with Gasteiger partial charge in [0.25, 0.3) is 5.91 Å². The van der Waals surface area contributed by atoms with Gasteiger partial charge in [0.15, 0.2) is 0 Å². The third-order valence-corrected chi connectivity index (χ3v) is 3.90. The second-order valence-corrected chi connectivity index (χ2v) is 5.80. The Hall–Kier alpha value is -2.82. The Morgan fingerprint density at radius 1 is 1.26 bits per heavy atom. The minimum atomic E-state index is -0.409. The number of imide groups is 1. The highest BCUT2D eigenvalue weighted by atomic mass is 16.2. The van der Waals surface area contributed by atoms with Gasteiger partial charge in [-0.2, -0.15) is 0 Å². The molecule has 2 heterocycles. The van der Waals surface area contributed by atoms with Gasteiger partial charge in [-0.05, 0) is 26.0 Å². The summed E-state index contributed by atoms with van der Waals surface area (Å²) < 4.78 is 2.16. The number of nitrogens with zero attached hydrogens (tertiary/aromatic N) is 2. The van der Waals surface area contributed by atoms with Gasteiger partial charge in [-0.15, -0.1) is 6.58 Å². The zero-order chi connectivity index (χ0) is 16.6. The number of para-hydroxylation sites is 1. The molecule has 1 N–H and O–H groups in total. The van der Waals surface area contributed by atoms with Gasteiger partial charge in [0.05, 0.1) is 0 Å². The summed E-state index contributed by atoms with van der Waals surface area (Å²) in [6, 6.07) is 7.92. The van der Waals surface area contributed by atoms with Crippen LogP contribution in [0.1, 0.15) is 25.5 Å². The van der Waals surface area contributed by atoms with Gasteiger partial charge >= 0.3 is 6.03 Å². The number of amides is 3. The van der Waals surface area contributed by atoms with Gasteiger partial charge < -0.3 is 9.88 Å². The molecule has 0 unspecified atom stereocenters. The van der Waals surface area contributed by atoms with Gasteiger partial charge in [0.2, 0.25) is 0 Å². The molecule has 3 rings (SSSR count). The maximum Gasteiger partial charge on any atom is 0.329 e. The van der Waals surface area contributed by atoms with E-state index in [4.69, 9.17) is 0 Å². The average Bonchev–Trinajstić information content (AvgIpc) is 3.02. The number of carbonyl (C=O) groups excluding carboxylic acids is 2. The molecular formula is C18H19N3O2. The van der Waals surface area contributed by atoms with Gasteiger partial charge in [0.1, 0.15) is 5.70 Å². The largest absolute Gasteiger partial charge is 0.344 e. The van der Waals surface area contributed by atoms with Gasteiger partial charge in [-0.3, -0.25) is 9.69 Å². The Bertz CT molecular complexity index is 830. The number of hydrogen-bond donors (Lipinski definition) is 1. The van der Waals surface area contributed by atoms with Gasteiger partial charge in [-0.1, -0.05) is 24.3 Å². The Labute approximate surface area is 134 Å². The van der Waals surface area contributed by atoms with Crippen molar-refractivity contribution in [3.05, 3.63) is 54.4 Å². The molecule has 0 spiro atoms. The van der Waals surface area contributed by atoms with Crippen LogP contribution < -0.4 is 5.32 Å². The lowest BCUT2D eigenvalue weighted by Gasteiger charge is -2.08. The molecule has 0 aliphatic carbocycles. The Balaban J connectivity index is 2.07. The number of hydrogen-bond acceptors (Lipinski definition) is 2. The zero-order valence-electron chi connectivity index (χ0n) is 13.2. The minimum Gasteiger partial charge on any atom is -0.344 e. The molecule has 0 radical (unpaired) electrons. The van der Waals surface area contributed by atoms with Crippen LogP contribution in [0.2, 0.25) is 0 Å². The second kappa shape index (κ2) is 5.76. The van der Waals surface area contributed by atoms with Crippen LogP contribution in [0.25, 0.3) is 17.0 Å². The van der Waals surface area contributed by atoms with Crippen LogP contribution in [0.15, 0.2) is 48.8 Å². The molecule has 2 aromatic rings. The van der Waals surface area contributed by atoms with Crippen molar-refractivity contribution < 1.29 is 9.59 Å². The van der Waals surface area contributed by atoms with Crippen LogP contribution >= 0.6 is 0 Å². The lowest BCUT2D eigenvalue weighted by molar-refractivity contribution is -0.122. The van der Waals surface area contributed by atoms with E-state index in [1.807, 2.05) is 24.4 Å². The van der Waals surface area contributed by atoms with Crippen LogP contribution in [0.4, 0.5) is 4.79 Å². The van der Waals surface area contributed by atoms with E-state index < -0.39 is 6.03 Å². The molecule has 1 fully saturated rings. The highest BCUT2D eigenvalue weighted by Crippen LogP contribution is 2.27. The molecule has 5 nitrogen and oxygen atoms in total. The summed E-state index contributed by atoms with van der Waals surface area (Å²) in [5.41, 5.74) is 2.32. The van der Waals surface area contributed by atoms with E-state index in [0.717, 1.165) is 21.4 Å². The Kier molecular flexibility index (Phi) is 3.78. The van der Waals surface area contributed by atoms with E-state index in [2.05, 4.69) is 36.4 Å². The van der Waals surface area contributed by atoms with Crippen molar-refractivity contribution in [1.29, 1.82) is 0 Å². The molecule has 1 aromatic heterocycles. The quantitative estimate of drug-likeness (QED) is 0.535. The predicted octanol–water partition coefficient (Wildman–Crippen LogP) is 3.30. The summed E-state index contributed by atoms with van der Waals surface area (Å²) in [5, 5.41) is 3.69. The fourth-order valence-electron chi connectivity index (χ4n) is 2.80. The van der Waals surface area contributed by atoms with Crippen molar-refractivity contribution in [2.45, 2.75) is 19.9 Å². The van der Waals surface area contributed by atoms with Crippen molar-refractivity contribution >= 4 is 28.9 Å². The molecule has 1 aliphatic rings. The zero-order valence-corrected chi connectivity index (χ0v) is 13.2.